The molecule has 0 spiro atoms. The molecule has 6 nitrogen and oxygen atoms in total. The Labute approximate surface area is 113 Å². The molecule has 0 radical (unpaired) electrons. The zero-order chi connectivity index (χ0) is 14.3. The van der Waals surface area contributed by atoms with Gasteiger partial charge in [-0.3, -0.25) is 9.59 Å². The Kier molecular flexibility index (Phi) is 12.5. The predicted octanol–water partition coefficient (Wildman–Crippen LogP) is 0.788. The first kappa shape index (κ1) is 17.9. The Morgan fingerprint density at radius 2 is 1.11 bits per heavy atom. The zero-order valence-electron chi connectivity index (χ0n) is 11.3. The van der Waals surface area contributed by atoms with Gasteiger partial charge in [0.05, 0.1) is 13.2 Å². The normalized spacial score (nSPS) is 10.2. The summed E-state index contributed by atoms with van der Waals surface area (Å²) < 4.78 is 9.88. The van der Waals surface area contributed by atoms with Crippen molar-refractivity contribution in [2.45, 2.75) is 44.9 Å². The maximum absolute atomic E-state index is 11.1. The van der Waals surface area contributed by atoms with Crippen LogP contribution in [-0.4, -0.2) is 48.6 Å². The topological polar surface area (TPSA) is 93.1 Å². The second-order valence-corrected chi connectivity index (χ2v) is 4.16. The summed E-state index contributed by atoms with van der Waals surface area (Å²) in [6.07, 6.45) is 3.65. The van der Waals surface area contributed by atoms with Gasteiger partial charge in [-0.15, -0.1) is 0 Å². The Morgan fingerprint density at radius 3 is 1.47 bits per heavy atom. The van der Waals surface area contributed by atoms with Gasteiger partial charge in [0.15, 0.2) is 0 Å². The van der Waals surface area contributed by atoms with Gasteiger partial charge < -0.3 is 19.7 Å². The van der Waals surface area contributed by atoms with Gasteiger partial charge in [0.1, 0.15) is 0 Å². The van der Waals surface area contributed by atoms with Crippen LogP contribution in [0.25, 0.3) is 0 Å². The molecule has 0 aromatic rings. The van der Waals surface area contributed by atoms with Gasteiger partial charge in [-0.05, 0) is 32.1 Å². The van der Waals surface area contributed by atoms with E-state index in [9.17, 15) is 9.59 Å². The minimum atomic E-state index is -0.288. The lowest BCUT2D eigenvalue weighted by molar-refractivity contribution is -0.144. The van der Waals surface area contributed by atoms with Crippen LogP contribution in [0.2, 0.25) is 0 Å². The number of rotatable bonds is 12. The Morgan fingerprint density at radius 1 is 0.684 bits per heavy atom. The van der Waals surface area contributed by atoms with Crippen LogP contribution in [0.15, 0.2) is 0 Å². The Bertz CT molecular complexity index is 217. The highest BCUT2D eigenvalue weighted by Crippen LogP contribution is 2.00. The van der Waals surface area contributed by atoms with E-state index in [0.717, 1.165) is 19.3 Å². The molecule has 0 bridgehead atoms. The van der Waals surface area contributed by atoms with Crippen LogP contribution in [0.5, 0.6) is 0 Å². The van der Waals surface area contributed by atoms with E-state index in [4.69, 9.17) is 19.7 Å². The van der Waals surface area contributed by atoms with Crippen LogP contribution in [-0.2, 0) is 19.1 Å². The zero-order valence-corrected chi connectivity index (χ0v) is 11.3. The molecule has 0 atom stereocenters. The van der Waals surface area contributed by atoms with E-state index in [0.29, 0.717) is 26.1 Å². The molecule has 0 aromatic carbocycles. The van der Waals surface area contributed by atoms with Crippen LogP contribution in [0, 0.1) is 0 Å². The third kappa shape index (κ3) is 13.1. The summed E-state index contributed by atoms with van der Waals surface area (Å²) >= 11 is 0. The molecule has 0 aromatic heterocycles. The highest BCUT2D eigenvalue weighted by Gasteiger charge is 2.03. The molecular formula is C13H24O6. The first-order valence-corrected chi connectivity index (χ1v) is 6.73. The molecule has 19 heavy (non-hydrogen) atoms. The van der Waals surface area contributed by atoms with Crippen LogP contribution >= 0.6 is 0 Å². The summed E-state index contributed by atoms with van der Waals surface area (Å²) in [7, 11) is 0. The van der Waals surface area contributed by atoms with Crippen molar-refractivity contribution in [3.05, 3.63) is 0 Å². The van der Waals surface area contributed by atoms with Gasteiger partial charge in [0.2, 0.25) is 0 Å². The third-order valence-corrected chi connectivity index (χ3v) is 2.39. The number of carbonyl (C=O) groups excluding carboxylic acids is 2. The Balaban J connectivity index is 3.22. The monoisotopic (exact) mass is 276 g/mol. The maximum atomic E-state index is 11.1. The number of aliphatic hydroxyl groups excluding tert-OH is 2. The van der Waals surface area contributed by atoms with Crippen molar-refractivity contribution in [3.8, 4) is 0 Å². The molecule has 2 N–H and O–H groups in total. The number of hydrogen-bond donors (Lipinski definition) is 2. The van der Waals surface area contributed by atoms with E-state index in [1.165, 1.54) is 0 Å². The molecule has 0 unspecified atom stereocenters. The molecule has 0 aliphatic heterocycles. The highest BCUT2D eigenvalue weighted by molar-refractivity contribution is 5.69. The number of unbranched alkanes of at least 4 members (excludes halogenated alkanes) is 2. The fraction of sp³-hybridized carbons (Fsp3) is 0.846. The third-order valence-electron chi connectivity index (χ3n) is 2.39. The summed E-state index contributed by atoms with van der Waals surface area (Å²) in [5.41, 5.74) is 0. The smallest absolute Gasteiger partial charge is 0.305 e. The van der Waals surface area contributed by atoms with Crippen LogP contribution in [0.4, 0.5) is 0 Å². The average molecular weight is 276 g/mol. The maximum Gasteiger partial charge on any atom is 0.305 e. The van der Waals surface area contributed by atoms with E-state index in [1.54, 1.807) is 0 Å². The lowest BCUT2D eigenvalue weighted by Gasteiger charge is -2.05. The molecule has 0 aliphatic carbocycles. The summed E-state index contributed by atoms with van der Waals surface area (Å²) in [5.74, 6) is -0.575. The summed E-state index contributed by atoms with van der Waals surface area (Å²) in [5, 5.41) is 17.0. The molecule has 6 heteroatoms. The molecule has 0 fully saturated rings. The Hall–Kier alpha value is -1.14. The standard InChI is InChI=1S/C13H24O6/c14-8-4-6-12(16)18-10-2-1-3-11-19-13(17)7-5-9-15/h14-15H,1-11H2. The SMILES string of the molecule is O=C(CCCO)OCCCCCOC(=O)CCCO. The van der Waals surface area contributed by atoms with Crippen molar-refractivity contribution in [2.75, 3.05) is 26.4 Å². The molecule has 0 amide bonds. The number of esters is 2. The molecule has 0 heterocycles. The van der Waals surface area contributed by atoms with Gasteiger partial charge in [-0.1, -0.05) is 0 Å². The van der Waals surface area contributed by atoms with E-state index in [2.05, 4.69) is 0 Å². The van der Waals surface area contributed by atoms with Gasteiger partial charge in [0, 0.05) is 26.1 Å². The predicted molar refractivity (Wildman–Crippen MR) is 68.4 cm³/mol. The fourth-order valence-electron chi connectivity index (χ4n) is 1.34. The summed E-state index contributed by atoms with van der Waals surface area (Å²) in [6.45, 7) is 0.721. The quantitative estimate of drug-likeness (QED) is 0.404. The molecule has 0 aliphatic rings. The number of ether oxygens (including phenoxy) is 2. The van der Waals surface area contributed by atoms with Crippen molar-refractivity contribution in [1.29, 1.82) is 0 Å². The van der Waals surface area contributed by atoms with Crippen LogP contribution in [0.3, 0.4) is 0 Å². The lowest BCUT2D eigenvalue weighted by Crippen LogP contribution is -2.08. The fourth-order valence-corrected chi connectivity index (χ4v) is 1.34. The molecular weight excluding hydrogens is 252 g/mol. The van der Waals surface area contributed by atoms with E-state index in [-0.39, 0.29) is 38.0 Å². The van der Waals surface area contributed by atoms with Crippen molar-refractivity contribution >= 4 is 11.9 Å². The lowest BCUT2D eigenvalue weighted by atomic mass is 10.2. The van der Waals surface area contributed by atoms with Gasteiger partial charge in [0.25, 0.3) is 0 Å². The molecule has 0 rings (SSSR count). The van der Waals surface area contributed by atoms with Gasteiger partial charge in [-0.25, -0.2) is 0 Å². The summed E-state index contributed by atoms with van der Waals surface area (Å²) in [4.78, 5) is 22.1. The minimum Gasteiger partial charge on any atom is -0.466 e. The first-order chi connectivity index (χ1) is 9.20. The number of hydrogen-bond acceptors (Lipinski definition) is 6. The van der Waals surface area contributed by atoms with Crippen molar-refractivity contribution in [3.63, 3.8) is 0 Å². The second kappa shape index (κ2) is 13.3. The number of carbonyl (C=O) groups is 2. The van der Waals surface area contributed by atoms with Gasteiger partial charge >= 0.3 is 11.9 Å². The van der Waals surface area contributed by atoms with E-state index in [1.807, 2.05) is 0 Å². The molecule has 0 saturated carbocycles. The number of aliphatic hydroxyl groups is 2. The van der Waals surface area contributed by atoms with Gasteiger partial charge in [-0.2, -0.15) is 0 Å². The van der Waals surface area contributed by atoms with E-state index < -0.39 is 0 Å². The molecule has 0 saturated heterocycles. The molecule has 112 valence electrons. The first-order valence-electron chi connectivity index (χ1n) is 6.73. The summed E-state index contributed by atoms with van der Waals surface area (Å²) in [6, 6.07) is 0. The second-order valence-electron chi connectivity index (χ2n) is 4.16. The average Bonchev–Trinajstić information content (AvgIpc) is 2.41. The van der Waals surface area contributed by atoms with Crippen molar-refractivity contribution < 1.29 is 29.3 Å². The van der Waals surface area contributed by atoms with Crippen LogP contribution < -0.4 is 0 Å². The largest absolute Gasteiger partial charge is 0.466 e. The highest BCUT2D eigenvalue weighted by atomic mass is 16.5. The van der Waals surface area contributed by atoms with E-state index >= 15 is 0 Å². The van der Waals surface area contributed by atoms with Crippen molar-refractivity contribution in [2.24, 2.45) is 0 Å². The van der Waals surface area contributed by atoms with Crippen molar-refractivity contribution in [1.82, 2.24) is 0 Å². The minimum absolute atomic E-state index is 0.00323. The van der Waals surface area contributed by atoms with Crippen LogP contribution in [0.1, 0.15) is 44.9 Å².